The molecule has 0 saturated carbocycles. The Kier molecular flexibility index (Phi) is 6.38. The van der Waals surface area contributed by atoms with Crippen LogP contribution >= 0.6 is 0 Å². The highest BCUT2D eigenvalue weighted by Gasteiger charge is 2.33. The van der Waals surface area contributed by atoms with Gasteiger partial charge in [0.15, 0.2) is 5.58 Å². The van der Waals surface area contributed by atoms with Gasteiger partial charge < -0.3 is 14.2 Å². The zero-order valence-electron chi connectivity index (χ0n) is 17.8. The molecule has 0 bridgehead atoms. The van der Waals surface area contributed by atoms with Crippen molar-refractivity contribution in [2.24, 2.45) is 5.92 Å². The fourth-order valence-corrected chi connectivity index (χ4v) is 4.77. The number of hydrogen-bond acceptors (Lipinski definition) is 5. The summed E-state index contributed by atoms with van der Waals surface area (Å²) in [4.78, 5) is 24.3. The van der Waals surface area contributed by atoms with Crippen molar-refractivity contribution in [1.82, 2.24) is 14.8 Å². The molecule has 2 saturated heterocycles. The van der Waals surface area contributed by atoms with Gasteiger partial charge in [-0.05, 0) is 50.8 Å². The normalized spacial score (nSPS) is 21.6. The molecule has 2 fully saturated rings. The molecule has 0 unspecified atom stereocenters. The lowest BCUT2D eigenvalue weighted by Gasteiger charge is -2.42. The van der Waals surface area contributed by atoms with Crippen molar-refractivity contribution in [1.29, 1.82) is 0 Å². The third kappa shape index (κ3) is 4.58. The van der Waals surface area contributed by atoms with Crippen molar-refractivity contribution in [2.45, 2.75) is 51.5 Å². The van der Waals surface area contributed by atoms with Crippen LogP contribution in [0.1, 0.15) is 45.4 Å². The van der Waals surface area contributed by atoms with Crippen molar-refractivity contribution in [3.05, 3.63) is 24.3 Å². The van der Waals surface area contributed by atoms with E-state index in [0.717, 1.165) is 88.4 Å². The summed E-state index contributed by atoms with van der Waals surface area (Å²) in [5, 5.41) is 0. The Labute approximate surface area is 173 Å². The van der Waals surface area contributed by atoms with Gasteiger partial charge in [0.1, 0.15) is 5.52 Å². The monoisotopic (exact) mass is 398 g/mol. The van der Waals surface area contributed by atoms with E-state index in [9.17, 15) is 4.79 Å². The van der Waals surface area contributed by atoms with Crippen LogP contribution in [0.4, 0.5) is 6.01 Å². The second-order valence-electron chi connectivity index (χ2n) is 8.63. The SMILES string of the molecule is CCCCN(C)C(=O)[C@@H]1CCCN(C2CCN(c3nc4ccccc4o3)CC2)C1. The van der Waals surface area contributed by atoms with Crippen LogP contribution in [0, 0.1) is 5.92 Å². The summed E-state index contributed by atoms with van der Waals surface area (Å²) in [6.45, 7) is 7.02. The number of unbranched alkanes of at least 4 members (excludes halogenated alkanes) is 1. The fraction of sp³-hybridized carbons (Fsp3) is 0.652. The highest BCUT2D eigenvalue weighted by atomic mass is 16.4. The predicted molar refractivity (Wildman–Crippen MR) is 116 cm³/mol. The molecule has 158 valence electrons. The van der Waals surface area contributed by atoms with Crippen molar-refractivity contribution in [3.63, 3.8) is 0 Å². The Balaban J connectivity index is 1.31. The molecule has 2 aliphatic rings. The van der Waals surface area contributed by atoms with E-state index < -0.39 is 0 Å². The van der Waals surface area contributed by atoms with Gasteiger partial charge in [0.25, 0.3) is 6.01 Å². The lowest BCUT2D eigenvalue weighted by atomic mass is 9.93. The summed E-state index contributed by atoms with van der Waals surface area (Å²) in [6, 6.07) is 9.26. The number of rotatable bonds is 6. The topological polar surface area (TPSA) is 52.8 Å². The maximum atomic E-state index is 12.8. The number of nitrogens with zero attached hydrogens (tertiary/aromatic N) is 4. The van der Waals surface area contributed by atoms with Crippen LogP contribution in [0.2, 0.25) is 0 Å². The molecule has 2 aliphatic heterocycles. The number of aromatic nitrogens is 1. The van der Waals surface area contributed by atoms with E-state index in [1.54, 1.807) is 0 Å². The number of carbonyl (C=O) groups is 1. The molecule has 0 radical (unpaired) electrons. The van der Waals surface area contributed by atoms with E-state index in [0.29, 0.717) is 11.9 Å². The first-order valence-corrected chi connectivity index (χ1v) is 11.2. The average Bonchev–Trinajstić information content (AvgIpc) is 3.21. The molecule has 1 aromatic heterocycles. The third-order valence-electron chi connectivity index (χ3n) is 6.56. The third-order valence-corrected chi connectivity index (χ3v) is 6.56. The summed E-state index contributed by atoms with van der Waals surface area (Å²) in [7, 11) is 1.97. The molecule has 1 atom stereocenters. The van der Waals surface area contributed by atoms with Crippen LogP contribution in [-0.4, -0.2) is 66.5 Å². The summed E-state index contributed by atoms with van der Waals surface area (Å²) in [5.74, 6) is 0.507. The number of oxazole rings is 1. The minimum absolute atomic E-state index is 0.167. The molecular weight excluding hydrogens is 364 g/mol. The van der Waals surface area contributed by atoms with Gasteiger partial charge >= 0.3 is 0 Å². The van der Waals surface area contributed by atoms with Crippen LogP contribution in [0.3, 0.4) is 0 Å². The van der Waals surface area contributed by atoms with Crippen molar-refractivity contribution in [2.75, 3.05) is 44.7 Å². The van der Waals surface area contributed by atoms with Gasteiger partial charge in [-0.2, -0.15) is 4.98 Å². The van der Waals surface area contributed by atoms with Crippen LogP contribution in [0.25, 0.3) is 11.1 Å². The standard InChI is InChI=1S/C23H34N4O2/c1-3-4-13-25(2)22(28)18-8-7-14-27(17-18)19-11-15-26(16-12-19)23-24-20-9-5-6-10-21(20)29-23/h5-6,9-10,18-19H,3-4,7-8,11-17H2,1-2H3/t18-/m1/s1. The Morgan fingerprint density at radius 1 is 1.21 bits per heavy atom. The van der Waals surface area contributed by atoms with Gasteiger partial charge in [-0.1, -0.05) is 25.5 Å². The molecule has 3 heterocycles. The van der Waals surface area contributed by atoms with E-state index in [1.807, 2.05) is 36.2 Å². The Hall–Kier alpha value is -2.08. The van der Waals surface area contributed by atoms with E-state index >= 15 is 0 Å². The fourth-order valence-electron chi connectivity index (χ4n) is 4.77. The number of fused-ring (bicyclic) bond motifs is 1. The zero-order chi connectivity index (χ0) is 20.2. The first-order chi connectivity index (χ1) is 14.2. The smallest absolute Gasteiger partial charge is 0.298 e. The average molecular weight is 399 g/mol. The van der Waals surface area contributed by atoms with E-state index in [2.05, 4.69) is 21.7 Å². The lowest BCUT2D eigenvalue weighted by Crippen LogP contribution is -2.51. The largest absolute Gasteiger partial charge is 0.423 e. The van der Waals surface area contributed by atoms with Crippen LogP contribution in [0.5, 0.6) is 0 Å². The second-order valence-corrected chi connectivity index (χ2v) is 8.63. The number of para-hydroxylation sites is 2. The number of piperidine rings is 2. The Morgan fingerprint density at radius 2 is 2.00 bits per heavy atom. The number of amides is 1. The maximum absolute atomic E-state index is 12.8. The van der Waals surface area contributed by atoms with E-state index in [1.165, 1.54) is 0 Å². The summed E-state index contributed by atoms with van der Waals surface area (Å²) in [6.07, 6.45) is 6.59. The Morgan fingerprint density at radius 3 is 2.76 bits per heavy atom. The van der Waals surface area contributed by atoms with Crippen LogP contribution in [-0.2, 0) is 4.79 Å². The van der Waals surface area contributed by atoms with Gasteiger partial charge in [0.2, 0.25) is 5.91 Å². The maximum Gasteiger partial charge on any atom is 0.298 e. The lowest BCUT2D eigenvalue weighted by molar-refractivity contribution is -0.136. The molecule has 2 aromatic rings. The van der Waals surface area contributed by atoms with Crippen molar-refractivity contribution in [3.8, 4) is 0 Å². The second kappa shape index (κ2) is 9.16. The Bertz CT molecular complexity index is 779. The quantitative estimate of drug-likeness (QED) is 0.741. The number of hydrogen-bond donors (Lipinski definition) is 0. The number of likely N-dealkylation sites (tertiary alicyclic amines) is 1. The molecular formula is C23H34N4O2. The zero-order valence-corrected chi connectivity index (χ0v) is 17.8. The summed E-state index contributed by atoms with van der Waals surface area (Å²) < 4.78 is 5.95. The minimum Gasteiger partial charge on any atom is -0.423 e. The van der Waals surface area contributed by atoms with Crippen molar-refractivity contribution < 1.29 is 9.21 Å². The molecule has 0 aliphatic carbocycles. The molecule has 6 nitrogen and oxygen atoms in total. The first kappa shape index (κ1) is 20.2. The molecule has 6 heteroatoms. The van der Waals surface area contributed by atoms with Gasteiger partial charge in [0, 0.05) is 39.3 Å². The van der Waals surface area contributed by atoms with Gasteiger partial charge in [-0.15, -0.1) is 0 Å². The molecule has 4 rings (SSSR count). The first-order valence-electron chi connectivity index (χ1n) is 11.2. The molecule has 1 aromatic carbocycles. The van der Waals surface area contributed by atoms with Crippen LogP contribution < -0.4 is 4.90 Å². The number of anilines is 1. The molecule has 29 heavy (non-hydrogen) atoms. The highest BCUT2D eigenvalue weighted by Crippen LogP contribution is 2.28. The van der Waals surface area contributed by atoms with Gasteiger partial charge in [-0.3, -0.25) is 9.69 Å². The summed E-state index contributed by atoms with van der Waals surface area (Å²) in [5.41, 5.74) is 1.78. The van der Waals surface area contributed by atoms with E-state index in [-0.39, 0.29) is 5.92 Å². The summed E-state index contributed by atoms with van der Waals surface area (Å²) >= 11 is 0. The van der Waals surface area contributed by atoms with Crippen molar-refractivity contribution >= 4 is 23.0 Å². The van der Waals surface area contributed by atoms with E-state index in [4.69, 9.17) is 4.42 Å². The number of benzene rings is 1. The minimum atomic E-state index is 0.167. The van der Waals surface area contributed by atoms with Crippen LogP contribution in [0.15, 0.2) is 28.7 Å². The molecule has 0 spiro atoms. The molecule has 0 N–H and O–H groups in total. The van der Waals surface area contributed by atoms with Gasteiger partial charge in [-0.25, -0.2) is 0 Å². The number of carbonyl (C=O) groups excluding carboxylic acids is 1. The highest BCUT2D eigenvalue weighted by molar-refractivity contribution is 5.79. The van der Waals surface area contributed by atoms with Gasteiger partial charge in [0.05, 0.1) is 5.92 Å². The molecule has 1 amide bonds. The predicted octanol–water partition coefficient (Wildman–Crippen LogP) is 3.77.